The molecule has 1 N–H and O–H groups in total. The fourth-order valence-electron chi connectivity index (χ4n) is 0.907. The van der Waals surface area contributed by atoms with Crippen LogP contribution >= 0.6 is 31.9 Å². The Balaban J connectivity index is 2.89. The highest BCUT2D eigenvalue weighted by molar-refractivity contribution is 9.13. The third-order valence-corrected chi connectivity index (χ3v) is 3.16. The Morgan fingerprint density at radius 3 is 2.54 bits per heavy atom. The predicted molar refractivity (Wildman–Crippen MR) is 58.5 cm³/mol. The Kier molecular flexibility index (Phi) is 3.76. The molecule has 0 aliphatic rings. The van der Waals surface area contributed by atoms with E-state index in [2.05, 4.69) is 31.9 Å². The van der Waals surface area contributed by atoms with Crippen LogP contribution in [0.2, 0.25) is 0 Å². The van der Waals surface area contributed by atoms with Crippen LogP contribution in [0, 0.1) is 0 Å². The first-order valence-corrected chi connectivity index (χ1v) is 5.37. The molecule has 0 bridgehead atoms. The summed E-state index contributed by atoms with van der Waals surface area (Å²) in [7, 11) is 0. The SMILES string of the molecule is CC(C)=CC(O)c1cc(Br)c(Br)o1. The molecule has 13 heavy (non-hydrogen) atoms. The van der Waals surface area contributed by atoms with Crippen LogP contribution in [0.3, 0.4) is 0 Å². The number of furan rings is 1. The van der Waals surface area contributed by atoms with Crippen LogP contribution in [0.4, 0.5) is 0 Å². The summed E-state index contributed by atoms with van der Waals surface area (Å²) in [5.41, 5.74) is 1.05. The smallest absolute Gasteiger partial charge is 0.183 e. The molecule has 0 saturated carbocycles. The van der Waals surface area contributed by atoms with E-state index in [0.717, 1.165) is 10.0 Å². The van der Waals surface area contributed by atoms with Crippen molar-refractivity contribution in [1.29, 1.82) is 0 Å². The molecule has 0 saturated heterocycles. The first-order valence-electron chi connectivity index (χ1n) is 3.78. The van der Waals surface area contributed by atoms with Gasteiger partial charge in [0.1, 0.15) is 11.9 Å². The van der Waals surface area contributed by atoms with Crippen molar-refractivity contribution in [3.05, 3.63) is 32.6 Å². The Labute approximate surface area is 93.9 Å². The van der Waals surface area contributed by atoms with Gasteiger partial charge in [0.25, 0.3) is 0 Å². The Hall–Kier alpha value is -0.0600. The lowest BCUT2D eigenvalue weighted by Gasteiger charge is -2.01. The molecule has 1 aromatic heterocycles. The molecule has 0 amide bonds. The molecule has 0 aliphatic carbocycles. The predicted octanol–water partition coefficient (Wildman–Crippen LogP) is 3.80. The molecule has 1 rings (SSSR count). The minimum atomic E-state index is -0.674. The monoisotopic (exact) mass is 308 g/mol. The van der Waals surface area contributed by atoms with Crippen molar-refractivity contribution in [3.63, 3.8) is 0 Å². The third-order valence-electron chi connectivity index (χ3n) is 1.45. The van der Waals surface area contributed by atoms with E-state index in [1.807, 2.05) is 13.8 Å². The molecule has 1 heterocycles. The van der Waals surface area contributed by atoms with Crippen LogP contribution in [-0.2, 0) is 0 Å². The maximum absolute atomic E-state index is 9.62. The van der Waals surface area contributed by atoms with Crippen LogP contribution < -0.4 is 0 Å². The topological polar surface area (TPSA) is 33.4 Å². The zero-order valence-corrected chi connectivity index (χ0v) is 10.5. The van der Waals surface area contributed by atoms with Gasteiger partial charge in [0, 0.05) is 0 Å². The highest BCUT2D eigenvalue weighted by Crippen LogP contribution is 2.30. The minimum absolute atomic E-state index is 0.528. The van der Waals surface area contributed by atoms with Gasteiger partial charge in [-0.1, -0.05) is 5.57 Å². The van der Waals surface area contributed by atoms with Gasteiger partial charge in [-0.05, 0) is 57.8 Å². The summed E-state index contributed by atoms with van der Waals surface area (Å²) in [5, 5.41) is 9.62. The molecular weight excluding hydrogens is 300 g/mol. The van der Waals surface area contributed by atoms with E-state index in [0.29, 0.717) is 10.4 Å². The van der Waals surface area contributed by atoms with Crippen LogP contribution in [0.15, 0.2) is 31.3 Å². The third kappa shape index (κ3) is 2.97. The highest BCUT2D eigenvalue weighted by atomic mass is 79.9. The van der Waals surface area contributed by atoms with Gasteiger partial charge in [-0.15, -0.1) is 0 Å². The number of hydrogen-bond acceptors (Lipinski definition) is 2. The number of aliphatic hydroxyl groups is 1. The van der Waals surface area contributed by atoms with Gasteiger partial charge in [0.15, 0.2) is 4.67 Å². The average molecular weight is 310 g/mol. The summed E-state index contributed by atoms with van der Waals surface area (Å²) < 4.78 is 6.66. The van der Waals surface area contributed by atoms with E-state index in [1.165, 1.54) is 0 Å². The molecule has 1 unspecified atom stereocenters. The second-order valence-electron chi connectivity index (χ2n) is 2.96. The quantitative estimate of drug-likeness (QED) is 0.843. The van der Waals surface area contributed by atoms with Crippen molar-refractivity contribution in [2.24, 2.45) is 0 Å². The van der Waals surface area contributed by atoms with E-state index in [-0.39, 0.29) is 0 Å². The first-order chi connectivity index (χ1) is 6.00. The normalized spacial score (nSPS) is 12.7. The largest absolute Gasteiger partial charge is 0.450 e. The van der Waals surface area contributed by atoms with Crippen molar-refractivity contribution in [1.82, 2.24) is 0 Å². The van der Waals surface area contributed by atoms with E-state index in [4.69, 9.17) is 4.42 Å². The molecule has 0 aromatic carbocycles. The lowest BCUT2D eigenvalue weighted by Crippen LogP contribution is -1.90. The molecular formula is C9H10Br2O2. The molecule has 72 valence electrons. The summed E-state index contributed by atoms with van der Waals surface area (Å²) in [6, 6.07) is 1.74. The molecule has 1 aromatic rings. The van der Waals surface area contributed by atoms with Crippen molar-refractivity contribution < 1.29 is 9.52 Å². The van der Waals surface area contributed by atoms with Crippen LogP contribution in [-0.4, -0.2) is 5.11 Å². The lowest BCUT2D eigenvalue weighted by molar-refractivity contribution is 0.194. The highest BCUT2D eigenvalue weighted by Gasteiger charge is 2.12. The summed E-state index contributed by atoms with van der Waals surface area (Å²) in [6.07, 6.45) is 1.06. The maximum atomic E-state index is 9.62. The maximum Gasteiger partial charge on any atom is 0.183 e. The zero-order chi connectivity index (χ0) is 10.0. The number of halogens is 2. The van der Waals surface area contributed by atoms with Crippen molar-refractivity contribution in [2.75, 3.05) is 0 Å². The fraction of sp³-hybridized carbons (Fsp3) is 0.333. The van der Waals surface area contributed by atoms with Crippen molar-refractivity contribution in [3.8, 4) is 0 Å². The minimum Gasteiger partial charge on any atom is -0.450 e. The van der Waals surface area contributed by atoms with Crippen molar-refractivity contribution >= 4 is 31.9 Å². The molecule has 1 atom stereocenters. The number of rotatable bonds is 2. The summed E-state index contributed by atoms with van der Waals surface area (Å²) in [4.78, 5) is 0. The number of hydrogen-bond donors (Lipinski definition) is 1. The lowest BCUT2D eigenvalue weighted by atomic mass is 10.2. The second kappa shape index (κ2) is 4.44. The van der Waals surface area contributed by atoms with E-state index >= 15 is 0 Å². The first kappa shape index (κ1) is 11.0. The molecule has 0 aliphatic heterocycles. The molecule has 4 heteroatoms. The zero-order valence-electron chi connectivity index (χ0n) is 7.34. The molecule has 0 fully saturated rings. The molecule has 0 spiro atoms. The number of aliphatic hydroxyl groups excluding tert-OH is 1. The average Bonchev–Trinajstić information content (AvgIpc) is 2.31. The second-order valence-corrected chi connectivity index (χ2v) is 4.53. The van der Waals surface area contributed by atoms with Crippen LogP contribution in [0.1, 0.15) is 25.7 Å². The van der Waals surface area contributed by atoms with E-state index in [1.54, 1.807) is 12.1 Å². The Morgan fingerprint density at radius 1 is 1.54 bits per heavy atom. The van der Waals surface area contributed by atoms with E-state index < -0.39 is 6.10 Å². The van der Waals surface area contributed by atoms with Crippen molar-refractivity contribution in [2.45, 2.75) is 20.0 Å². The van der Waals surface area contributed by atoms with Crippen LogP contribution in [0.5, 0.6) is 0 Å². The van der Waals surface area contributed by atoms with Gasteiger partial charge in [0.2, 0.25) is 0 Å². The van der Waals surface area contributed by atoms with Crippen LogP contribution in [0.25, 0.3) is 0 Å². The van der Waals surface area contributed by atoms with Gasteiger partial charge in [-0.25, -0.2) is 0 Å². The molecule has 2 nitrogen and oxygen atoms in total. The van der Waals surface area contributed by atoms with Gasteiger partial charge in [-0.2, -0.15) is 0 Å². The standard InChI is InChI=1S/C9H10Br2O2/c1-5(2)3-7(12)8-4-6(10)9(11)13-8/h3-4,7,12H,1-2H3. The van der Waals surface area contributed by atoms with Gasteiger partial charge in [-0.3, -0.25) is 0 Å². The fourth-order valence-corrected chi connectivity index (χ4v) is 1.51. The van der Waals surface area contributed by atoms with E-state index in [9.17, 15) is 5.11 Å². The van der Waals surface area contributed by atoms with Gasteiger partial charge < -0.3 is 9.52 Å². The number of allylic oxidation sites excluding steroid dienone is 1. The summed E-state index contributed by atoms with van der Waals surface area (Å²) in [5.74, 6) is 0.528. The molecule has 0 radical (unpaired) electrons. The van der Waals surface area contributed by atoms with Gasteiger partial charge in [0.05, 0.1) is 4.47 Å². The summed E-state index contributed by atoms with van der Waals surface area (Å²) >= 11 is 6.48. The van der Waals surface area contributed by atoms with Gasteiger partial charge >= 0.3 is 0 Å². The summed E-state index contributed by atoms with van der Waals surface area (Å²) in [6.45, 7) is 3.85. The Morgan fingerprint density at radius 2 is 2.15 bits per heavy atom. The Bertz CT molecular complexity index is 305.